The molecular formula is C16H26N2O3. The minimum Gasteiger partial charge on any atom is -0.319 e. The Morgan fingerprint density at radius 3 is 2.48 bits per heavy atom. The summed E-state index contributed by atoms with van der Waals surface area (Å²) in [7, 11) is 0. The smallest absolute Gasteiger partial charge is 0.244 e. The van der Waals surface area contributed by atoms with Gasteiger partial charge >= 0.3 is 0 Å². The number of nitrogens with two attached hydrogens (primary N) is 1. The van der Waals surface area contributed by atoms with Gasteiger partial charge < -0.3 is 5.73 Å². The molecule has 118 valence electrons. The van der Waals surface area contributed by atoms with Gasteiger partial charge in [0.05, 0.1) is 12.0 Å². The van der Waals surface area contributed by atoms with Gasteiger partial charge in [-0.25, -0.2) is 0 Å². The third-order valence-corrected chi connectivity index (χ3v) is 3.90. The van der Waals surface area contributed by atoms with Crippen molar-refractivity contribution in [1.29, 1.82) is 0 Å². The van der Waals surface area contributed by atoms with Gasteiger partial charge in [-0.05, 0) is 19.3 Å². The van der Waals surface area contributed by atoms with Crippen LogP contribution >= 0.6 is 0 Å². The second-order valence-electron chi connectivity index (χ2n) is 5.66. The molecule has 3 N–H and O–H groups in total. The average molecular weight is 294 g/mol. The van der Waals surface area contributed by atoms with Crippen molar-refractivity contribution in [3.8, 4) is 0 Å². The number of unbranched alkanes of at least 4 members (excludes halogenated alkanes) is 6. The summed E-state index contributed by atoms with van der Waals surface area (Å²) in [6.07, 6.45) is 9.91. The summed E-state index contributed by atoms with van der Waals surface area (Å²) >= 11 is 0. The molecule has 0 aromatic carbocycles. The Balaban J connectivity index is 2.17. The minimum absolute atomic E-state index is 0.0350. The second kappa shape index (κ2) is 9.45. The van der Waals surface area contributed by atoms with Crippen molar-refractivity contribution >= 4 is 17.6 Å². The van der Waals surface area contributed by atoms with Gasteiger partial charge in [0.1, 0.15) is 5.78 Å². The molecule has 0 bridgehead atoms. The maximum Gasteiger partial charge on any atom is 0.244 e. The van der Waals surface area contributed by atoms with Gasteiger partial charge in [-0.15, -0.1) is 6.58 Å². The molecule has 1 aliphatic heterocycles. The fourth-order valence-corrected chi connectivity index (χ4v) is 2.58. The van der Waals surface area contributed by atoms with E-state index in [9.17, 15) is 14.4 Å². The van der Waals surface area contributed by atoms with Crippen LogP contribution in [0.4, 0.5) is 0 Å². The lowest BCUT2D eigenvalue weighted by Crippen LogP contribution is -2.55. The highest BCUT2D eigenvalue weighted by Gasteiger charge is 2.37. The van der Waals surface area contributed by atoms with E-state index in [2.05, 4.69) is 11.9 Å². The Labute approximate surface area is 126 Å². The number of rotatable bonds is 10. The van der Waals surface area contributed by atoms with Gasteiger partial charge in [0, 0.05) is 12.8 Å². The zero-order chi connectivity index (χ0) is 15.7. The summed E-state index contributed by atoms with van der Waals surface area (Å²) in [4.78, 5) is 34.7. The van der Waals surface area contributed by atoms with E-state index in [0.717, 1.165) is 25.7 Å². The quantitative estimate of drug-likeness (QED) is 0.365. The molecule has 1 fully saturated rings. The Bertz CT molecular complexity index is 393. The molecule has 2 atom stereocenters. The largest absolute Gasteiger partial charge is 0.319 e. The molecule has 0 aromatic heterocycles. The summed E-state index contributed by atoms with van der Waals surface area (Å²) in [6, 6.07) is -0.880. The molecule has 0 aliphatic carbocycles. The number of imide groups is 1. The first-order chi connectivity index (χ1) is 10.1. The van der Waals surface area contributed by atoms with E-state index in [1.165, 1.54) is 19.3 Å². The Morgan fingerprint density at radius 2 is 1.81 bits per heavy atom. The lowest BCUT2D eigenvalue weighted by molar-refractivity contribution is -0.141. The molecule has 0 radical (unpaired) electrons. The van der Waals surface area contributed by atoms with Crippen LogP contribution in [0.1, 0.15) is 57.8 Å². The number of Topliss-reactive ketones (excluding diaryl/α,β-unsaturated/α-hetero) is 1. The highest BCUT2D eigenvalue weighted by molar-refractivity contribution is 6.05. The van der Waals surface area contributed by atoms with Crippen LogP contribution in [0.2, 0.25) is 0 Å². The number of hydrogen-bond acceptors (Lipinski definition) is 4. The maximum atomic E-state index is 12.1. The molecular weight excluding hydrogens is 268 g/mol. The van der Waals surface area contributed by atoms with Crippen LogP contribution in [0.25, 0.3) is 0 Å². The number of piperidine rings is 1. The lowest BCUT2D eigenvalue weighted by atomic mass is 9.86. The van der Waals surface area contributed by atoms with Gasteiger partial charge in [-0.1, -0.05) is 31.8 Å². The molecule has 2 amide bonds. The van der Waals surface area contributed by atoms with Crippen LogP contribution in [0, 0.1) is 5.92 Å². The van der Waals surface area contributed by atoms with Gasteiger partial charge in [-0.3, -0.25) is 19.7 Å². The van der Waals surface area contributed by atoms with E-state index in [0.29, 0.717) is 6.42 Å². The first kappa shape index (κ1) is 17.6. The van der Waals surface area contributed by atoms with Gasteiger partial charge in [0.25, 0.3) is 0 Å². The zero-order valence-electron chi connectivity index (χ0n) is 12.6. The monoisotopic (exact) mass is 294 g/mol. The SMILES string of the molecule is C=CCCCCCCCCC(=O)C1CC(=O)NC(=O)[C@H]1N. The molecule has 1 unspecified atom stereocenters. The van der Waals surface area contributed by atoms with Crippen molar-refractivity contribution in [2.75, 3.05) is 0 Å². The number of hydrogen-bond donors (Lipinski definition) is 2. The lowest BCUT2D eigenvalue weighted by Gasteiger charge is -2.25. The number of carbonyl (C=O) groups is 3. The van der Waals surface area contributed by atoms with Crippen LogP contribution < -0.4 is 11.1 Å². The second-order valence-corrected chi connectivity index (χ2v) is 5.66. The first-order valence-corrected chi connectivity index (χ1v) is 7.79. The summed E-state index contributed by atoms with van der Waals surface area (Å²) in [5.74, 6) is -1.63. The minimum atomic E-state index is -0.880. The molecule has 0 spiro atoms. The van der Waals surface area contributed by atoms with E-state index in [1.807, 2.05) is 6.08 Å². The Kier molecular flexibility index (Phi) is 7.90. The molecule has 1 rings (SSSR count). The van der Waals surface area contributed by atoms with Crippen molar-refractivity contribution in [1.82, 2.24) is 5.32 Å². The molecule has 5 nitrogen and oxygen atoms in total. The van der Waals surface area contributed by atoms with Crippen LogP contribution in [0.3, 0.4) is 0 Å². The van der Waals surface area contributed by atoms with Crippen molar-refractivity contribution in [2.45, 2.75) is 63.8 Å². The van der Waals surface area contributed by atoms with E-state index >= 15 is 0 Å². The highest BCUT2D eigenvalue weighted by atomic mass is 16.2. The molecule has 5 heteroatoms. The first-order valence-electron chi connectivity index (χ1n) is 7.79. The Morgan fingerprint density at radius 1 is 1.19 bits per heavy atom. The molecule has 0 aromatic rings. The molecule has 0 saturated carbocycles. The third-order valence-electron chi connectivity index (χ3n) is 3.90. The Hall–Kier alpha value is -1.49. The van der Waals surface area contributed by atoms with Crippen LogP contribution in [0.5, 0.6) is 0 Å². The van der Waals surface area contributed by atoms with E-state index in [-0.39, 0.29) is 12.2 Å². The highest BCUT2D eigenvalue weighted by Crippen LogP contribution is 2.18. The predicted molar refractivity (Wildman–Crippen MR) is 81.4 cm³/mol. The van der Waals surface area contributed by atoms with Crippen molar-refractivity contribution in [3.63, 3.8) is 0 Å². The normalized spacial score (nSPS) is 22.0. The topological polar surface area (TPSA) is 89.3 Å². The van der Waals surface area contributed by atoms with Crippen molar-refractivity contribution in [2.24, 2.45) is 11.7 Å². The van der Waals surface area contributed by atoms with Crippen LogP contribution in [0.15, 0.2) is 12.7 Å². The average Bonchev–Trinajstić information content (AvgIpc) is 2.45. The number of nitrogens with one attached hydrogen (secondary N) is 1. The van der Waals surface area contributed by atoms with E-state index in [4.69, 9.17) is 5.73 Å². The van der Waals surface area contributed by atoms with Gasteiger partial charge in [0.2, 0.25) is 11.8 Å². The van der Waals surface area contributed by atoms with Gasteiger partial charge in [-0.2, -0.15) is 0 Å². The summed E-state index contributed by atoms with van der Waals surface area (Å²) in [5.41, 5.74) is 5.69. The molecule has 1 aliphatic rings. The number of allylic oxidation sites excluding steroid dienone is 1. The summed E-state index contributed by atoms with van der Waals surface area (Å²) in [5, 5.41) is 2.15. The maximum absolute atomic E-state index is 12.1. The summed E-state index contributed by atoms with van der Waals surface area (Å²) in [6.45, 7) is 3.69. The molecule has 1 heterocycles. The van der Waals surface area contributed by atoms with Gasteiger partial charge in [0.15, 0.2) is 0 Å². The number of amides is 2. The third kappa shape index (κ3) is 6.21. The fraction of sp³-hybridized carbons (Fsp3) is 0.688. The predicted octanol–water partition coefficient (Wildman–Crippen LogP) is 1.85. The number of carbonyl (C=O) groups excluding carboxylic acids is 3. The van der Waals surface area contributed by atoms with Crippen LogP contribution in [-0.4, -0.2) is 23.6 Å². The zero-order valence-corrected chi connectivity index (χ0v) is 12.6. The van der Waals surface area contributed by atoms with Crippen LogP contribution in [-0.2, 0) is 14.4 Å². The fourth-order valence-electron chi connectivity index (χ4n) is 2.58. The van der Waals surface area contributed by atoms with E-state index in [1.54, 1.807) is 0 Å². The molecule has 21 heavy (non-hydrogen) atoms. The molecule has 1 saturated heterocycles. The van der Waals surface area contributed by atoms with Crippen molar-refractivity contribution in [3.05, 3.63) is 12.7 Å². The van der Waals surface area contributed by atoms with E-state index < -0.39 is 23.8 Å². The number of ketones is 1. The standard InChI is InChI=1S/C16H26N2O3/c1-2-3-4-5-6-7-8-9-10-13(19)12-11-14(20)18-16(21)15(12)17/h2,12,15H,1,3-11,17H2,(H,18,20,21)/t12?,15-/m0/s1. The van der Waals surface area contributed by atoms with Crippen molar-refractivity contribution < 1.29 is 14.4 Å². The summed E-state index contributed by atoms with van der Waals surface area (Å²) < 4.78 is 0.